The molecule has 0 saturated heterocycles. The van der Waals surface area contributed by atoms with Gasteiger partial charge in [-0.25, -0.2) is 14.6 Å². The van der Waals surface area contributed by atoms with Gasteiger partial charge in [0.2, 0.25) is 0 Å². The van der Waals surface area contributed by atoms with E-state index < -0.39 is 12.0 Å². The van der Waals surface area contributed by atoms with Gasteiger partial charge in [0.1, 0.15) is 6.04 Å². The number of aromatic nitrogens is 2. The molecule has 1 aromatic heterocycles. The second-order valence-electron chi connectivity index (χ2n) is 7.56. The van der Waals surface area contributed by atoms with Crippen LogP contribution >= 0.6 is 0 Å². The van der Waals surface area contributed by atoms with E-state index >= 15 is 0 Å². The van der Waals surface area contributed by atoms with Gasteiger partial charge in [0.25, 0.3) is 0 Å². The minimum atomic E-state index is -1.01. The summed E-state index contributed by atoms with van der Waals surface area (Å²) in [6.45, 7) is 1.22. The third-order valence-corrected chi connectivity index (χ3v) is 5.43. The average molecular weight is 404 g/mol. The molecule has 1 aliphatic rings. The molecule has 7 nitrogen and oxygen atoms in total. The normalized spacial score (nSPS) is 15.5. The number of carboxylic acid groups (broad SMARTS) is 1. The van der Waals surface area contributed by atoms with Crippen molar-refractivity contribution in [3.05, 3.63) is 89.5 Å². The van der Waals surface area contributed by atoms with Crippen LogP contribution in [-0.4, -0.2) is 49.5 Å². The zero-order chi connectivity index (χ0) is 21.1. The van der Waals surface area contributed by atoms with Gasteiger partial charge in [-0.2, -0.15) is 0 Å². The fraction of sp³-hybridized carbons (Fsp3) is 0.261. The second kappa shape index (κ2) is 8.41. The molecular weight excluding hydrogens is 380 g/mol. The predicted molar refractivity (Wildman–Crippen MR) is 112 cm³/mol. The maximum absolute atomic E-state index is 13.1. The molecule has 1 unspecified atom stereocenters. The smallest absolute Gasteiger partial charge is 0.326 e. The fourth-order valence-electron chi connectivity index (χ4n) is 3.86. The van der Waals surface area contributed by atoms with E-state index in [2.05, 4.69) is 4.98 Å². The van der Waals surface area contributed by atoms with Gasteiger partial charge in [0.15, 0.2) is 0 Å². The summed E-state index contributed by atoms with van der Waals surface area (Å²) in [6.07, 6.45) is 1.97. The van der Waals surface area contributed by atoms with Crippen molar-refractivity contribution in [2.45, 2.75) is 32.1 Å². The Kier molecular flexibility index (Phi) is 5.52. The molecule has 7 heteroatoms. The molecule has 0 spiro atoms. The Morgan fingerprint density at radius 2 is 1.70 bits per heavy atom. The Bertz CT molecular complexity index is 1030. The van der Waals surface area contributed by atoms with Crippen molar-refractivity contribution in [3.63, 3.8) is 0 Å². The second-order valence-corrected chi connectivity index (χ2v) is 7.56. The van der Waals surface area contributed by atoms with E-state index in [0.29, 0.717) is 13.1 Å². The van der Waals surface area contributed by atoms with E-state index in [1.165, 1.54) is 4.90 Å². The van der Waals surface area contributed by atoms with Crippen molar-refractivity contribution in [1.29, 1.82) is 0 Å². The van der Waals surface area contributed by atoms with Crippen LogP contribution in [0.5, 0.6) is 0 Å². The zero-order valence-electron chi connectivity index (χ0n) is 16.8. The topological polar surface area (TPSA) is 78.7 Å². The molecular formula is C23H24N4O3. The summed E-state index contributed by atoms with van der Waals surface area (Å²) in [5.41, 5.74) is 3.74. The van der Waals surface area contributed by atoms with Crippen LogP contribution in [0.1, 0.15) is 22.5 Å². The first-order valence-corrected chi connectivity index (χ1v) is 9.88. The lowest BCUT2D eigenvalue weighted by Gasteiger charge is -2.35. The summed E-state index contributed by atoms with van der Waals surface area (Å²) in [4.78, 5) is 32.5. The zero-order valence-corrected chi connectivity index (χ0v) is 16.8. The lowest BCUT2D eigenvalue weighted by molar-refractivity contribution is -0.143. The molecule has 154 valence electrons. The molecule has 0 aliphatic carbocycles. The number of nitrogens with zero attached hydrogens (tertiary/aromatic N) is 4. The molecule has 3 aromatic rings. The van der Waals surface area contributed by atoms with E-state index in [1.807, 2.05) is 65.2 Å². The van der Waals surface area contributed by atoms with Crippen molar-refractivity contribution in [1.82, 2.24) is 19.4 Å². The Morgan fingerprint density at radius 1 is 1.07 bits per heavy atom. The Labute approximate surface area is 175 Å². The van der Waals surface area contributed by atoms with Gasteiger partial charge in [-0.05, 0) is 11.1 Å². The van der Waals surface area contributed by atoms with Crippen LogP contribution < -0.4 is 0 Å². The van der Waals surface area contributed by atoms with Crippen molar-refractivity contribution in [2.75, 3.05) is 7.05 Å². The Balaban J connectivity index is 1.54. The van der Waals surface area contributed by atoms with Gasteiger partial charge in [-0.3, -0.25) is 0 Å². The highest BCUT2D eigenvalue weighted by atomic mass is 16.4. The SMILES string of the molecule is CN(Cc1ccccc1)C(=O)N1Cc2ncn(Cc3ccccc3)c2CC1C(=O)O. The van der Waals surface area contributed by atoms with Crippen LogP contribution in [0.25, 0.3) is 0 Å². The van der Waals surface area contributed by atoms with E-state index in [0.717, 1.165) is 22.5 Å². The van der Waals surface area contributed by atoms with Crippen LogP contribution in [0.2, 0.25) is 0 Å². The highest BCUT2D eigenvalue weighted by Crippen LogP contribution is 2.25. The molecule has 2 heterocycles. The maximum atomic E-state index is 13.1. The number of hydrogen-bond donors (Lipinski definition) is 1. The van der Waals surface area contributed by atoms with E-state index in [4.69, 9.17) is 0 Å². The number of amides is 2. The van der Waals surface area contributed by atoms with Crippen LogP contribution in [0.4, 0.5) is 4.79 Å². The highest BCUT2D eigenvalue weighted by Gasteiger charge is 2.38. The summed E-state index contributed by atoms with van der Waals surface area (Å²) in [5, 5.41) is 9.83. The summed E-state index contributed by atoms with van der Waals surface area (Å²) in [7, 11) is 1.69. The molecule has 0 radical (unpaired) electrons. The van der Waals surface area contributed by atoms with Crippen LogP contribution in [-0.2, 0) is 30.8 Å². The fourth-order valence-corrected chi connectivity index (χ4v) is 3.86. The van der Waals surface area contributed by atoms with E-state index in [-0.39, 0.29) is 19.0 Å². The van der Waals surface area contributed by atoms with Crippen molar-refractivity contribution < 1.29 is 14.7 Å². The average Bonchev–Trinajstić information content (AvgIpc) is 3.15. The van der Waals surface area contributed by atoms with E-state index in [9.17, 15) is 14.7 Å². The molecule has 0 fully saturated rings. The number of hydrogen-bond acceptors (Lipinski definition) is 3. The third kappa shape index (κ3) is 4.05. The number of imidazole rings is 1. The van der Waals surface area contributed by atoms with Gasteiger partial charge in [-0.1, -0.05) is 60.7 Å². The molecule has 30 heavy (non-hydrogen) atoms. The highest BCUT2D eigenvalue weighted by molar-refractivity contribution is 5.83. The van der Waals surface area contributed by atoms with E-state index in [1.54, 1.807) is 18.3 Å². The van der Waals surface area contributed by atoms with Crippen LogP contribution in [0.15, 0.2) is 67.0 Å². The number of rotatable bonds is 5. The molecule has 0 bridgehead atoms. The number of carboxylic acids is 1. The van der Waals surface area contributed by atoms with Crippen molar-refractivity contribution in [3.8, 4) is 0 Å². The largest absolute Gasteiger partial charge is 0.480 e. The van der Waals surface area contributed by atoms with Crippen LogP contribution in [0, 0.1) is 0 Å². The van der Waals surface area contributed by atoms with Gasteiger partial charge in [0, 0.05) is 32.3 Å². The van der Waals surface area contributed by atoms with Crippen LogP contribution in [0.3, 0.4) is 0 Å². The molecule has 2 aromatic carbocycles. The lowest BCUT2D eigenvalue weighted by atomic mass is 10.0. The first-order valence-electron chi connectivity index (χ1n) is 9.88. The standard InChI is InChI=1S/C23H24N4O3/c1-25(13-17-8-4-2-5-9-17)23(30)27-15-19-20(12-21(27)22(28)29)26(16-24-19)14-18-10-6-3-7-11-18/h2-11,16,21H,12-15H2,1H3,(H,28,29). The van der Waals surface area contributed by atoms with Gasteiger partial charge >= 0.3 is 12.0 Å². The quantitative estimate of drug-likeness (QED) is 0.709. The Morgan fingerprint density at radius 3 is 2.33 bits per heavy atom. The summed E-state index contributed by atoms with van der Waals surface area (Å²) >= 11 is 0. The maximum Gasteiger partial charge on any atom is 0.326 e. The van der Waals surface area contributed by atoms with Gasteiger partial charge in [-0.15, -0.1) is 0 Å². The first kappa shape index (κ1) is 19.7. The van der Waals surface area contributed by atoms with Gasteiger partial charge < -0.3 is 19.5 Å². The monoisotopic (exact) mass is 404 g/mol. The van der Waals surface area contributed by atoms with Crippen molar-refractivity contribution in [2.24, 2.45) is 0 Å². The molecule has 4 rings (SSSR count). The molecule has 1 aliphatic heterocycles. The minimum Gasteiger partial charge on any atom is -0.480 e. The summed E-state index contributed by atoms with van der Waals surface area (Å²) < 4.78 is 1.98. The summed E-state index contributed by atoms with van der Waals surface area (Å²) in [5.74, 6) is -1.01. The summed E-state index contributed by atoms with van der Waals surface area (Å²) in [6, 6.07) is 18.4. The number of fused-ring (bicyclic) bond motifs is 1. The number of urea groups is 1. The number of benzene rings is 2. The number of carbonyl (C=O) groups is 2. The lowest BCUT2D eigenvalue weighted by Crippen LogP contribution is -2.52. The molecule has 0 saturated carbocycles. The molecule has 2 amide bonds. The molecule has 1 atom stereocenters. The predicted octanol–water partition coefficient (Wildman–Crippen LogP) is 2.99. The number of aliphatic carboxylic acids is 1. The van der Waals surface area contributed by atoms with Crippen molar-refractivity contribution >= 4 is 12.0 Å². The third-order valence-electron chi connectivity index (χ3n) is 5.43. The minimum absolute atomic E-state index is 0.187. The number of carbonyl (C=O) groups excluding carboxylic acids is 1. The first-order chi connectivity index (χ1) is 14.5. The Hall–Kier alpha value is -3.61. The van der Waals surface area contributed by atoms with Gasteiger partial charge in [0.05, 0.1) is 18.6 Å². The molecule has 1 N–H and O–H groups in total.